The summed E-state index contributed by atoms with van der Waals surface area (Å²) in [6.07, 6.45) is 1.12. The highest BCUT2D eigenvalue weighted by Crippen LogP contribution is 2.36. The second-order valence-electron chi connectivity index (χ2n) is 3.77. The molecular weight excluding hydrogens is 283 g/mol. The molecule has 0 aliphatic rings. The van der Waals surface area contributed by atoms with Crippen LogP contribution in [0.4, 0.5) is 27.6 Å². The van der Waals surface area contributed by atoms with Gasteiger partial charge in [0.05, 0.1) is 30.1 Å². The predicted octanol–water partition coefficient (Wildman–Crippen LogP) is 3.03. The average molecular weight is 290 g/mol. The zero-order valence-electron chi connectivity index (χ0n) is 9.98. The van der Waals surface area contributed by atoms with Crippen molar-refractivity contribution in [3.63, 3.8) is 0 Å². The summed E-state index contributed by atoms with van der Waals surface area (Å²) in [4.78, 5) is 3.62. The lowest BCUT2D eigenvalue weighted by atomic mass is 10.0. The van der Waals surface area contributed by atoms with Crippen molar-refractivity contribution in [3.05, 3.63) is 41.3 Å². The number of nitrogens with two attached hydrogens (primary N) is 1. The third-order valence-electron chi connectivity index (χ3n) is 2.54. The van der Waals surface area contributed by atoms with E-state index < -0.39 is 40.2 Å². The molecule has 0 amide bonds. The van der Waals surface area contributed by atoms with E-state index in [-0.39, 0.29) is 11.6 Å². The van der Waals surface area contributed by atoms with E-state index in [2.05, 4.69) is 4.98 Å². The Labute approximate surface area is 109 Å². The molecule has 0 saturated carbocycles. The molecule has 0 radical (unpaired) electrons. The van der Waals surface area contributed by atoms with E-state index in [1.165, 1.54) is 0 Å². The van der Waals surface area contributed by atoms with Gasteiger partial charge in [0.15, 0.2) is 23.3 Å². The Hall–Kier alpha value is -2.38. The number of methoxy groups -OCH3 is 1. The molecule has 0 aliphatic heterocycles. The van der Waals surface area contributed by atoms with Crippen molar-refractivity contribution in [2.24, 2.45) is 0 Å². The number of hydrogen-bond donors (Lipinski definition) is 1. The first-order valence-corrected chi connectivity index (χ1v) is 5.19. The number of hydrogen-bond acceptors (Lipinski definition) is 3. The molecule has 3 nitrogen and oxygen atoms in total. The highest BCUT2D eigenvalue weighted by molar-refractivity contribution is 5.73. The highest BCUT2D eigenvalue weighted by atomic mass is 19.2. The zero-order valence-corrected chi connectivity index (χ0v) is 9.98. The summed E-state index contributed by atoms with van der Waals surface area (Å²) in [6, 6.07) is 1.00. The number of nitrogen functional groups attached to an aromatic ring is 1. The zero-order chi connectivity index (χ0) is 15.0. The molecule has 2 rings (SSSR count). The van der Waals surface area contributed by atoms with Crippen LogP contribution < -0.4 is 10.5 Å². The van der Waals surface area contributed by atoms with Crippen LogP contribution in [-0.2, 0) is 0 Å². The first kappa shape index (κ1) is 14.0. The van der Waals surface area contributed by atoms with Gasteiger partial charge in [0.1, 0.15) is 0 Å². The molecule has 2 aromatic rings. The SMILES string of the molecule is COc1ncc(N)cc1-c1c(F)c(F)c(F)c(F)c1F. The van der Waals surface area contributed by atoms with E-state index in [0.29, 0.717) is 0 Å². The lowest BCUT2D eigenvalue weighted by Crippen LogP contribution is -2.05. The van der Waals surface area contributed by atoms with Crippen molar-refractivity contribution in [1.29, 1.82) is 0 Å². The third-order valence-corrected chi connectivity index (χ3v) is 2.54. The second-order valence-corrected chi connectivity index (χ2v) is 3.77. The van der Waals surface area contributed by atoms with Crippen LogP contribution in [0.3, 0.4) is 0 Å². The molecular formula is C12H7F5N2O. The van der Waals surface area contributed by atoms with Gasteiger partial charge >= 0.3 is 0 Å². The second kappa shape index (κ2) is 4.95. The van der Waals surface area contributed by atoms with E-state index >= 15 is 0 Å². The Kier molecular flexibility index (Phi) is 3.47. The molecule has 1 aromatic heterocycles. The largest absolute Gasteiger partial charge is 0.481 e. The van der Waals surface area contributed by atoms with Crippen molar-refractivity contribution >= 4 is 5.69 Å². The Bertz CT molecular complexity index is 661. The number of rotatable bonds is 2. The fourth-order valence-corrected chi connectivity index (χ4v) is 1.65. The van der Waals surface area contributed by atoms with Crippen LogP contribution in [-0.4, -0.2) is 12.1 Å². The van der Waals surface area contributed by atoms with E-state index in [4.69, 9.17) is 10.5 Å². The van der Waals surface area contributed by atoms with Crippen LogP contribution in [0.15, 0.2) is 12.3 Å². The fourth-order valence-electron chi connectivity index (χ4n) is 1.65. The van der Waals surface area contributed by atoms with Crippen LogP contribution in [0.25, 0.3) is 11.1 Å². The number of ether oxygens (including phenoxy) is 1. The summed E-state index contributed by atoms with van der Waals surface area (Å²) in [7, 11) is 1.13. The van der Waals surface area contributed by atoms with Crippen LogP contribution in [0.2, 0.25) is 0 Å². The first-order valence-electron chi connectivity index (χ1n) is 5.19. The summed E-state index contributed by atoms with van der Waals surface area (Å²) >= 11 is 0. The molecule has 0 saturated heterocycles. The van der Waals surface area contributed by atoms with Crippen molar-refractivity contribution in [1.82, 2.24) is 4.98 Å². The van der Waals surface area contributed by atoms with E-state index in [0.717, 1.165) is 19.4 Å². The highest BCUT2D eigenvalue weighted by Gasteiger charge is 2.28. The van der Waals surface area contributed by atoms with Gasteiger partial charge < -0.3 is 10.5 Å². The Morgan fingerprint density at radius 2 is 1.45 bits per heavy atom. The minimum atomic E-state index is -2.24. The van der Waals surface area contributed by atoms with Gasteiger partial charge in [0, 0.05) is 0 Å². The Morgan fingerprint density at radius 3 is 1.95 bits per heavy atom. The van der Waals surface area contributed by atoms with Crippen LogP contribution in [0.1, 0.15) is 0 Å². The van der Waals surface area contributed by atoms with Crippen LogP contribution in [0.5, 0.6) is 5.88 Å². The van der Waals surface area contributed by atoms with Gasteiger partial charge in [-0.25, -0.2) is 26.9 Å². The molecule has 2 N–H and O–H groups in total. The van der Waals surface area contributed by atoms with Crippen LogP contribution >= 0.6 is 0 Å². The van der Waals surface area contributed by atoms with Crippen molar-refractivity contribution in [3.8, 4) is 17.0 Å². The maximum atomic E-state index is 13.7. The molecule has 0 atom stereocenters. The molecule has 1 heterocycles. The number of anilines is 1. The standard InChI is InChI=1S/C12H7F5N2O/c1-20-12-5(2-4(18)3-19-12)6-7(13)9(15)11(17)10(16)8(6)14/h2-3H,18H2,1H3. The molecule has 0 bridgehead atoms. The van der Waals surface area contributed by atoms with Gasteiger partial charge in [0.2, 0.25) is 11.7 Å². The maximum Gasteiger partial charge on any atom is 0.221 e. The molecule has 0 spiro atoms. The minimum absolute atomic E-state index is 0.0234. The van der Waals surface area contributed by atoms with Gasteiger partial charge in [-0.05, 0) is 6.07 Å². The molecule has 8 heteroatoms. The number of nitrogens with zero attached hydrogens (tertiary/aromatic N) is 1. The first-order chi connectivity index (χ1) is 9.38. The Morgan fingerprint density at radius 1 is 0.950 bits per heavy atom. The number of pyridine rings is 1. The van der Waals surface area contributed by atoms with Gasteiger partial charge in [0.25, 0.3) is 0 Å². The lowest BCUT2D eigenvalue weighted by molar-refractivity contribution is 0.378. The van der Waals surface area contributed by atoms with Gasteiger partial charge in [-0.2, -0.15) is 0 Å². The maximum absolute atomic E-state index is 13.7. The summed E-state index contributed by atoms with van der Waals surface area (Å²) < 4.78 is 71.4. The van der Waals surface area contributed by atoms with E-state index in [1.807, 2.05) is 0 Å². The summed E-state index contributed by atoms with van der Waals surface area (Å²) in [5.41, 5.74) is 3.81. The van der Waals surface area contributed by atoms with Gasteiger partial charge in [-0.1, -0.05) is 0 Å². The molecule has 0 fully saturated rings. The topological polar surface area (TPSA) is 48.1 Å². The fraction of sp³-hybridized carbons (Fsp3) is 0.0833. The van der Waals surface area contributed by atoms with Gasteiger partial charge in [-0.15, -0.1) is 0 Å². The summed E-state index contributed by atoms with van der Waals surface area (Å²) in [6.45, 7) is 0. The molecule has 1 aromatic carbocycles. The lowest BCUT2D eigenvalue weighted by Gasteiger charge is -2.11. The normalized spacial score (nSPS) is 10.7. The molecule has 0 unspecified atom stereocenters. The molecule has 20 heavy (non-hydrogen) atoms. The number of benzene rings is 1. The quantitative estimate of drug-likeness (QED) is 0.525. The summed E-state index contributed by atoms with van der Waals surface area (Å²) in [5, 5.41) is 0. The smallest absolute Gasteiger partial charge is 0.221 e. The summed E-state index contributed by atoms with van der Waals surface area (Å²) in [5.74, 6) is -10.6. The van der Waals surface area contributed by atoms with Crippen molar-refractivity contribution in [2.45, 2.75) is 0 Å². The number of aromatic nitrogens is 1. The Balaban J connectivity index is 2.86. The van der Waals surface area contributed by atoms with Crippen molar-refractivity contribution in [2.75, 3.05) is 12.8 Å². The predicted molar refractivity (Wildman–Crippen MR) is 60.4 cm³/mol. The monoisotopic (exact) mass is 290 g/mol. The average Bonchev–Trinajstić information content (AvgIpc) is 2.43. The van der Waals surface area contributed by atoms with E-state index in [1.54, 1.807) is 0 Å². The number of halogens is 5. The van der Waals surface area contributed by atoms with Gasteiger partial charge in [-0.3, -0.25) is 0 Å². The third kappa shape index (κ3) is 2.02. The van der Waals surface area contributed by atoms with Crippen molar-refractivity contribution < 1.29 is 26.7 Å². The van der Waals surface area contributed by atoms with Crippen LogP contribution in [0, 0.1) is 29.1 Å². The molecule has 0 aliphatic carbocycles. The minimum Gasteiger partial charge on any atom is -0.481 e. The van der Waals surface area contributed by atoms with E-state index in [9.17, 15) is 22.0 Å². The molecule has 106 valence electrons.